The van der Waals surface area contributed by atoms with E-state index in [1.54, 1.807) is 0 Å². The smallest absolute Gasteiger partial charge is 0.236 e. The summed E-state index contributed by atoms with van der Waals surface area (Å²) in [6.45, 7) is 9.69. The fraction of sp³-hybridized carbons (Fsp3) is 0.571. The molecule has 1 aromatic carbocycles. The van der Waals surface area contributed by atoms with E-state index < -0.39 is 0 Å². The minimum Gasteiger partial charge on any atom is -0.372 e. The molecule has 2 aliphatic heterocycles. The molecule has 6 nitrogen and oxygen atoms in total. The molecule has 2 aromatic rings. The standard InChI is InChI=1S/C21H28N4O2S/c1-14-4-6-17(7-5-14)18-10-24(11-19(18)20-13-28-23-22-20)12-21(26)25-8-15(2)27-16(3)9-25/h4-7,13,15-16,18-19H,8-12H2,1-3H3/t15-,16-,18-,19+/m0/s1. The lowest BCUT2D eigenvalue weighted by Crippen LogP contribution is -2.50. The Kier molecular flexibility index (Phi) is 5.75. The van der Waals surface area contributed by atoms with E-state index in [2.05, 4.69) is 45.7 Å². The highest BCUT2D eigenvalue weighted by Crippen LogP contribution is 2.39. The predicted octanol–water partition coefficient (Wildman–Crippen LogP) is 2.67. The summed E-state index contributed by atoms with van der Waals surface area (Å²) in [6.07, 6.45) is 0.195. The first-order chi connectivity index (χ1) is 13.5. The van der Waals surface area contributed by atoms with Crippen LogP contribution >= 0.6 is 11.5 Å². The first kappa shape index (κ1) is 19.5. The van der Waals surface area contributed by atoms with E-state index in [9.17, 15) is 4.79 Å². The van der Waals surface area contributed by atoms with Gasteiger partial charge in [0.25, 0.3) is 0 Å². The molecule has 0 spiro atoms. The number of carbonyl (C=O) groups excluding carboxylic acids is 1. The Morgan fingerprint density at radius 1 is 1.11 bits per heavy atom. The minimum atomic E-state index is 0.0976. The highest BCUT2D eigenvalue weighted by molar-refractivity contribution is 7.03. The highest BCUT2D eigenvalue weighted by atomic mass is 32.1. The van der Waals surface area contributed by atoms with Crippen molar-refractivity contribution in [2.24, 2.45) is 0 Å². The molecule has 0 radical (unpaired) electrons. The first-order valence-corrected chi connectivity index (χ1v) is 10.8. The molecule has 0 aliphatic carbocycles. The van der Waals surface area contributed by atoms with Crippen LogP contribution in [0.3, 0.4) is 0 Å². The summed E-state index contributed by atoms with van der Waals surface area (Å²) in [7, 11) is 0. The van der Waals surface area contributed by atoms with Gasteiger partial charge in [-0.15, -0.1) is 5.10 Å². The van der Waals surface area contributed by atoms with Gasteiger partial charge < -0.3 is 9.64 Å². The van der Waals surface area contributed by atoms with Crippen molar-refractivity contribution in [3.63, 3.8) is 0 Å². The zero-order valence-corrected chi connectivity index (χ0v) is 17.6. The molecule has 0 unspecified atom stereocenters. The molecule has 1 amide bonds. The molecular weight excluding hydrogens is 372 g/mol. The van der Waals surface area contributed by atoms with Crippen LogP contribution in [-0.4, -0.2) is 70.2 Å². The van der Waals surface area contributed by atoms with Crippen molar-refractivity contribution in [1.82, 2.24) is 19.4 Å². The van der Waals surface area contributed by atoms with Gasteiger partial charge in [-0.25, -0.2) is 0 Å². The van der Waals surface area contributed by atoms with Crippen molar-refractivity contribution < 1.29 is 9.53 Å². The Hall–Kier alpha value is -1.83. The molecule has 7 heteroatoms. The number of ether oxygens (including phenoxy) is 1. The normalized spacial score (nSPS) is 28.6. The van der Waals surface area contributed by atoms with Gasteiger partial charge in [-0.3, -0.25) is 9.69 Å². The minimum absolute atomic E-state index is 0.0976. The molecule has 4 rings (SSSR count). The Bertz CT molecular complexity index is 785. The number of amides is 1. The second-order valence-electron chi connectivity index (χ2n) is 8.20. The molecule has 150 valence electrons. The van der Waals surface area contributed by atoms with Gasteiger partial charge in [0.15, 0.2) is 0 Å². The molecular formula is C21H28N4O2S. The molecule has 2 saturated heterocycles. The number of aryl methyl sites for hydroxylation is 1. The van der Waals surface area contributed by atoms with Crippen LogP contribution in [-0.2, 0) is 9.53 Å². The van der Waals surface area contributed by atoms with Gasteiger partial charge in [0.2, 0.25) is 5.91 Å². The number of likely N-dealkylation sites (tertiary alicyclic amines) is 1. The predicted molar refractivity (Wildman–Crippen MR) is 110 cm³/mol. The van der Waals surface area contributed by atoms with Crippen molar-refractivity contribution >= 4 is 17.4 Å². The number of hydrogen-bond donors (Lipinski definition) is 0. The summed E-state index contributed by atoms with van der Waals surface area (Å²) in [4.78, 5) is 17.2. The zero-order valence-electron chi connectivity index (χ0n) is 16.7. The summed E-state index contributed by atoms with van der Waals surface area (Å²) in [5.74, 6) is 0.804. The first-order valence-electron chi connectivity index (χ1n) is 9.98. The number of aromatic nitrogens is 2. The third-order valence-corrected chi connectivity index (χ3v) is 6.31. The van der Waals surface area contributed by atoms with Crippen LogP contribution < -0.4 is 0 Å². The van der Waals surface area contributed by atoms with E-state index in [1.165, 1.54) is 22.7 Å². The maximum Gasteiger partial charge on any atom is 0.236 e. The van der Waals surface area contributed by atoms with Crippen LogP contribution in [0.4, 0.5) is 0 Å². The van der Waals surface area contributed by atoms with E-state index in [4.69, 9.17) is 4.74 Å². The van der Waals surface area contributed by atoms with Crippen LogP contribution in [0.1, 0.15) is 42.5 Å². The lowest BCUT2D eigenvalue weighted by molar-refractivity contribution is -0.144. The van der Waals surface area contributed by atoms with Crippen LogP contribution in [0.5, 0.6) is 0 Å². The summed E-state index contributed by atoms with van der Waals surface area (Å²) in [5, 5.41) is 6.39. The second kappa shape index (κ2) is 8.27. The van der Waals surface area contributed by atoms with Gasteiger partial charge in [-0.1, -0.05) is 34.3 Å². The van der Waals surface area contributed by atoms with Crippen LogP contribution in [0, 0.1) is 6.92 Å². The van der Waals surface area contributed by atoms with E-state index in [0.717, 1.165) is 18.8 Å². The van der Waals surface area contributed by atoms with Gasteiger partial charge >= 0.3 is 0 Å². The van der Waals surface area contributed by atoms with Crippen molar-refractivity contribution in [3.05, 3.63) is 46.5 Å². The quantitative estimate of drug-likeness (QED) is 0.790. The van der Waals surface area contributed by atoms with Crippen LogP contribution in [0.2, 0.25) is 0 Å². The average molecular weight is 401 g/mol. The summed E-state index contributed by atoms with van der Waals surface area (Å²) < 4.78 is 9.83. The van der Waals surface area contributed by atoms with Gasteiger partial charge in [-0.05, 0) is 37.9 Å². The van der Waals surface area contributed by atoms with Crippen LogP contribution in [0.25, 0.3) is 0 Å². The van der Waals surface area contributed by atoms with E-state index >= 15 is 0 Å². The van der Waals surface area contributed by atoms with Crippen molar-refractivity contribution in [1.29, 1.82) is 0 Å². The summed E-state index contributed by atoms with van der Waals surface area (Å²) >= 11 is 1.40. The van der Waals surface area contributed by atoms with E-state index in [0.29, 0.717) is 25.6 Å². The summed E-state index contributed by atoms with van der Waals surface area (Å²) in [5.41, 5.74) is 3.61. The molecule has 2 aliphatic rings. The van der Waals surface area contributed by atoms with Crippen molar-refractivity contribution in [2.75, 3.05) is 32.7 Å². The number of morpholine rings is 1. The van der Waals surface area contributed by atoms with Crippen molar-refractivity contribution in [2.45, 2.75) is 44.8 Å². The maximum absolute atomic E-state index is 12.9. The molecule has 1 aromatic heterocycles. The largest absolute Gasteiger partial charge is 0.372 e. The molecule has 3 heterocycles. The highest BCUT2D eigenvalue weighted by Gasteiger charge is 2.38. The second-order valence-corrected chi connectivity index (χ2v) is 8.81. The third-order valence-electron chi connectivity index (χ3n) is 5.79. The Balaban J connectivity index is 1.48. The number of nitrogens with zero attached hydrogens (tertiary/aromatic N) is 4. The van der Waals surface area contributed by atoms with E-state index in [-0.39, 0.29) is 24.0 Å². The maximum atomic E-state index is 12.9. The van der Waals surface area contributed by atoms with Crippen molar-refractivity contribution in [3.8, 4) is 0 Å². The molecule has 28 heavy (non-hydrogen) atoms. The topological polar surface area (TPSA) is 58.6 Å². The SMILES string of the molecule is Cc1ccc([C@@H]2CN(CC(=O)N3C[C@H](C)O[C@@H](C)C3)C[C@H]2c2csnn2)cc1. The Morgan fingerprint density at radius 2 is 1.79 bits per heavy atom. The molecule has 0 bridgehead atoms. The molecule has 0 saturated carbocycles. The van der Waals surface area contributed by atoms with Gasteiger partial charge in [0, 0.05) is 43.4 Å². The zero-order chi connectivity index (χ0) is 19.7. The lowest BCUT2D eigenvalue weighted by Gasteiger charge is -2.36. The molecule has 0 N–H and O–H groups in total. The van der Waals surface area contributed by atoms with E-state index in [1.807, 2.05) is 24.1 Å². The lowest BCUT2D eigenvalue weighted by atomic mass is 9.87. The Labute approximate surface area is 170 Å². The fourth-order valence-corrected chi connectivity index (χ4v) is 4.99. The third kappa shape index (κ3) is 4.26. The van der Waals surface area contributed by atoms with Crippen LogP contribution in [0.15, 0.2) is 29.6 Å². The van der Waals surface area contributed by atoms with Gasteiger partial charge in [-0.2, -0.15) is 0 Å². The van der Waals surface area contributed by atoms with Gasteiger partial charge in [0.1, 0.15) is 0 Å². The number of hydrogen-bond acceptors (Lipinski definition) is 6. The monoisotopic (exact) mass is 400 g/mol. The molecule has 2 fully saturated rings. The summed E-state index contributed by atoms with van der Waals surface area (Å²) in [6, 6.07) is 8.75. The number of rotatable bonds is 4. The fourth-order valence-electron chi connectivity index (χ4n) is 4.47. The Morgan fingerprint density at radius 3 is 2.43 bits per heavy atom. The average Bonchev–Trinajstić information content (AvgIpc) is 3.31. The van der Waals surface area contributed by atoms with Gasteiger partial charge in [0.05, 0.1) is 24.4 Å². The number of benzene rings is 1. The number of carbonyl (C=O) groups is 1. The molecule has 4 atom stereocenters.